The number of hydrogen-bond donors (Lipinski definition) is 3. The molecule has 34 heavy (non-hydrogen) atoms. The van der Waals surface area contributed by atoms with Gasteiger partial charge in [-0.15, -0.1) is 11.3 Å². The Bertz CT molecular complexity index is 936. The van der Waals surface area contributed by atoms with Gasteiger partial charge in [-0.1, -0.05) is 25.0 Å². The van der Waals surface area contributed by atoms with Crippen LogP contribution in [0.2, 0.25) is 0 Å². The first-order valence-electron chi connectivity index (χ1n) is 12.2. The molecule has 184 valence electrons. The molecule has 2 aromatic rings. The van der Waals surface area contributed by atoms with Crippen molar-refractivity contribution >= 4 is 34.6 Å². The molecule has 0 radical (unpaired) electrons. The minimum absolute atomic E-state index is 0.00336. The molecule has 9 heteroatoms. The van der Waals surface area contributed by atoms with Crippen LogP contribution in [0.25, 0.3) is 0 Å². The van der Waals surface area contributed by atoms with E-state index in [-0.39, 0.29) is 18.0 Å². The third-order valence-corrected chi connectivity index (χ3v) is 7.27. The smallest absolute Gasteiger partial charge is 0.317 e. The largest absolute Gasteiger partial charge is 0.396 e. The standard InChI is InChI=1S/C25H35N5O3S/c26-22-17-34-18-23(22)28-24(31)20-8-6-19(7-9-20)16-30(25(32)27-21-4-1-2-5-21)11-3-10-29-12-14-33-15-13-29/h6-9,17-18,21H,1-5,10-16,26H2,(H,27,32)(H,28,31). The lowest BCUT2D eigenvalue weighted by Gasteiger charge is -2.29. The van der Waals surface area contributed by atoms with Gasteiger partial charge in [0.1, 0.15) is 0 Å². The number of benzene rings is 1. The van der Waals surface area contributed by atoms with Gasteiger partial charge in [0.25, 0.3) is 5.91 Å². The molecule has 0 bridgehead atoms. The summed E-state index contributed by atoms with van der Waals surface area (Å²) in [5.41, 5.74) is 8.62. The minimum Gasteiger partial charge on any atom is -0.396 e. The summed E-state index contributed by atoms with van der Waals surface area (Å²) in [6, 6.07) is 7.73. The zero-order valence-corrected chi connectivity index (χ0v) is 20.4. The lowest BCUT2D eigenvalue weighted by atomic mass is 10.1. The van der Waals surface area contributed by atoms with Crippen molar-refractivity contribution in [2.24, 2.45) is 0 Å². The van der Waals surface area contributed by atoms with Gasteiger partial charge in [0.05, 0.1) is 24.6 Å². The van der Waals surface area contributed by atoms with Gasteiger partial charge >= 0.3 is 6.03 Å². The summed E-state index contributed by atoms with van der Waals surface area (Å²) >= 11 is 1.45. The molecule has 1 saturated carbocycles. The van der Waals surface area contributed by atoms with Crippen molar-refractivity contribution < 1.29 is 14.3 Å². The summed E-state index contributed by atoms with van der Waals surface area (Å²) in [7, 11) is 0. The van der Waals surface area contributed by atoms with Crippen molar-refractivity contribution in [3.8, 4) is 0 Å². The topological polar surface area (TPSA) is 99.9 Å². The van der Waals surface area contributed by atoms with Gasteiger partial charge in [-0.3, -0.25) is 9.69 Å². The fourth-order valence-corrected chi connectivity index (χ4v) is 5.16. The van der Waals surface area contributed by atoms with E-state index in [1.54, 1.807) is 17.5 Å². The Labute approximate surface area is 205 Å². The Morgan fingerprint density at radius 3 is 2.53 bits per heavy atom. The van der Waals surface area contributed by atoms with Crippen molar-refractivity contribution in [3.63, 3.8) is 0 Å². The molecule has 2 aliphatic rings. The third-order valence-electron chi connectivity index (χ3n) is 6.51. The van der Waals surface area contributed by atoms with Crippen molar-refractivity contribution in [1.29, 1.82) is 0 Å². The normalized spacial score (nSPS) is 16.9. The summed E-state index contributed by atoms with van der Waals surface area (Å²) in [4.78, 5) is 29.9. The summed E-state index contributed by atoms with van der Waals surface area (Å²) < 4.78 is 5.43. The summed E-state index contributed by atoms with van der Waals surface area (Å²) in [6.07, 6.45) is 5.41. The van der Waals surface area contributed by atoms with E-state index in [4.69, 9.17) is 10.5 Å². The first-order valence-corrected chi connectivity index (χ1v) is 13.1. The summed E-state index contributed by atoms with van der Waals surface area (Å²) in [5, 5.41) is 9.68. The Kier molecular flexibility index (Phi) is 8.79. The van der Waals surface area contributed by atoms with Crippen molar-refractivity contribution in [1.82, 2.24) is 15.1 Å². The van der Waals surface area contributed by atoms with Crippen LogP contribution in [0.5, 0.6) is 0 Å². The quantitative estimate of drug-likeness (QED) is 0.502. The number of amides is 3. The average molecular weight is 486 g/mol. The molecular weight excluding hydrogens is 450 g/mol. The first kappa shape index (κ1) is 24.5. The van der Waals surface area contributed by atoms with Crippen LogP contribution in [0.3, 0.4) is 0 Å². The highest BCUT2D eigenvalue weighted by molar-refractivity contribution is 7.09. The van der Waals surface area contributed by atoms with Crippen LogP contribution in [0.15, 0.2) is 35.0 Å². The molecular formula is C25H35N5O3S. The molecule has 1 aliphatic heterocycles. The second kappa shape index (κ2) is 12.2. The molecule has 4 rings (SSSR count). The van der Waals surface area contributed by atoms with E-state index in [0.717, 1.165) is 57.7 Å². The molecule has 4 N–H and O–H groups in total. The molecule has 1 aromatic heterocycles. The van der Waals surface area contributed by atoms with E-state index in [1.807, 2.05) is 22.4 Å². The van der Waals surface area contributed by atoms with E-state index in [2.05, 4.69) is 15.5 Å². The second-order valence-corrected chi connectivity index (χ2v) is 9.80. The maximum Gasteiger partial charge on any atom is 0.317 e. The highest BCUT2D eigenvalue weighted by Crippen LogP contribution is 2.23. The molecule has 3 amide bonds. The fraction of sp³-hybridized carbons (Fsp3) is 0.520. The van der Waals surface area contributed by atoms with Crippen LogP contribution in [0.1, 0.15) is 48.0 Å². The van der Waals surface area contributed by atoms with Gasteiger partial charge in [-0.05, 0) is 37.0 Å². The second-order valence-electron chi connectivity index (χ2n) is 9.05. The van der Waals surface area contributed by atoms with Crippen molar-refractivity contribution in [2.45, 2.75) is 44.7 Å². The predicted molar refractivity (Wildman–Crippen MR) is 136 cm³/mol. The zero-order valence-electron chi connectivity index (χ0n) is 19.6. The van der Waals surface area contributed by atoms with Gasteiger partial charge in [0, 0.05) is 55.1 Å². The number of nitrogens with two attached hydrogens (primary N) is 1. The maximum absolute atomic E-state index is 13.1. The molecule has 2 heterocycles. The number of hydrogen-bond acceptors (Lipinski definition) is 6. The highest BCUT2D eigenvalue weighted by Gasteiger charge is 2.21. The number of nitrogens with zero attached hydrogens (tertiary/aromatic N) is 2. The number of morpholine rings is 1. The van der Waals surface area contributed by atoms with Crippen LogP contribution in [-0.2, 0) is 11.3 Å². The Morgan fingerprint density at radius 1 is 1.12 bits per heavy atom. The number of rotatable bonds is 9. The van der Waals surface area contributed by atoms with Gasteiger partial charge in [0.2, 0.25) is 0 Å². The van der Waals surface area contributed by atoms with Crippen LogP contribution < -0.4 is 16.4 Å². The molecule has 2 fully saturated rings. The number of anilines is 2. The van der Waals surface area contributed by atoms with E-state index >= 15 is 0 Å². The van der Waals surface area contributed by atoms with Crippen molar-refractivity contribution in [3.05, 3.63) is 46.2 Å². The first-order chi connectivity index (χ1) is 16.6. The van der Waals surface area contributed by atoms with Crippen LogP contribution >= 0.6 is 11.3 Å². The molecule has 0 spiro atoms. The number of ether oxygens (including phenoxy) is 1. The van der Waals surface area contributed by atoms with E-state index < -0.39 is 0 Å². The fourth-order valence-electron chi connectivity index (χ4n) is 4.48. The number of thiophene rings is 1. The number of nitrogen functional groups attached to an aromatic ring is 1. The third kappa shape index (κ3) is 6.94. The van der Waals surface area contributed by atoms with Crippen LogP contribution in [0, 0.1) is 0 Å². The van der Waals surface area contributed by atoms with Gasteiger partial charge in [-0.2, -0.15) is 0 Å². The minimum atomic E-state index is -0.196. The lowest BCUT2D eigenvalue weighted by molar-refractivity contribution is 0.0364. The SMILES string of the molecule is Nc1cscc1NC(=O)c1ccc(CN(CCCN2CCOCC2)C(=O)NC2CCCC2)cc1. The highest BCUT2D eigenvalue weighted by atomic mass is 32.1. The number of carbonyl (C=O) groups is 2. The Hall–Kier alpha value is -2.62. The number of nitrogens with one attached hydrogen (secondary N) is 2. The van der Waals surface area contributed by atoms with Gasteiger partial charge in [-0.25, -0.2) is 4.79 Å². The van der Waals surface area contributed by atoms with E-state index in [9.17, 15) is 9.59 Å². The summed E-state index contributed by atoms with van der Waals surface area (Å²) in [5.74, 6) is -0.196. The lowest BCUT2D eigenvalue weighted by Crippen LogP contribution is -2.45. The van der Waals surface area contributed by atoms with Crippen LogP contribution in [0.4, 0.5) is 16.2 Å². The molecule has 1 aromatic carbocycles. The predicted octanol–water partition coefficient (Wildman–Crippen LogP) is 3.76. The maximum atomic E-state index is 13.1. The zero-order chi connectivity index (χ0) is 23.8. The average Bonchev–Trinajstić information content (AvgIpc) is 3.51. The molecule has 0 atom stereocenters. The molecule has 1 aliphatic carbocycles. The van der Waals surface area contributed by atoms with Gasteiger partial charge < -0.3 is 26.0 Å². The Balaban J connectivity index is 1.35. The molecule has 1 saturated heterocycles. The van der Waals surface area contributed by atoms with Crippen molar-refractivity contribution in [2.75, 3.05) is 50.4 Å². The Morgan fingerprint density at radius 2 is 1.85 bits per heavy atom. The number of carbonyl (C=O) groups excluding carboxylic acids is 2. The van der Waals surface area contributed by atoms with E-state index in [0.29, 0.717) is 30.0 Å². The number of urea groups is 1. The summed E-state index contributed by atoms with van der Waals surface area (Å²) in [6.45, 7) is 5.64. The molecule has 0 unspecified atom stereocenters. The monoisotopic (exact) mass is 485 g/mol. The van der Waals surface area contributed by atoms with E-state index in [1.165, 1.54) is 24.2 Å². The van der Waals surface area contributed by atoms with Crippen LogP contribution in [-0.4, -0.2) is 67.2 Å². The van der Waals surface area contributed by atoms with Gasteiger partial charge in [0.15, 0.2) is 0 Å². The molecule has 8 nitrogen and oxygen atoms in total.